The summed E-state index contributed by atoms with van der Waals surface area (Å²) in [6.45, 7) is 8.20. The predicted octanol–water partition coefficient (Wildman–Crippen LogP) is 1.99. The highest BCUT2D eigenvalue weighted by atomic mass is 16.7. The molecule has 1 saturated heterocycles. The van der Waals surface area contributed by atoms with Crippen LogP contribution in [0.2, 0.25) is 0 Å². The van der Waals surface area contributed by atoms with Gasteiger partial charge in [-0.25, -0.2) is 0 Å². The average molecular weight is 286 g/mol. The summed E-state index contributed by atoms with van der Waals surface area (Å²) in [6, 6.07) is 8.01. The highest BCUT2D eigenvalue weighted by molar-refractivity contribution is 6.62. The molecule has 0 amide bonds. The van der Waals surface area contributed by atoms with Gasteiger partial charge in [-0.2, -0.15) is 0 Å². The quantitative estimate of drug-likeness (QED) is 0.683. The van der Waals surface area contributed by atoms with Crippen molar-refractivity contribution < 1.29 is 9.31 Å². The molecule has 2 N–H and O–H groups in total. The van der Waals surface area contributed by atoms with E-state index in [0.717, 1.165) is 16.6 Å². The van der Waals surface area contributed by atoms with Crippen LogP contribution in [-0.2, 0) is 9.31 Å². The first kappa shape index (κ1) is 15.8. The Balaban J connectivity index is 2.21. The molecule has 0 unspecified atom stereocenters. The molecule has 0 aliphatic carbocycles. The van der Waals surface area contributed by atoms with Gasteiger partial charge in [0.25, 0.3) is 0 Å². The lowest BCUT2D eigenvalue weighted by Gasteiger charge is -2.32. The number of hydrogen-bond acceptors (Lipinski definition) is 4. The van der Waals surface area contributed by atoms with Crippen molar-refractivity contribution >= 4 is 24.4 Å². The zero-order valence-corrected chi connectivity index (χ0v) is 13.4. The first-order valence-electron chi connectivity index (χ1n) is 7.11. The molecule has 0 aromatic heterocycles. The van der Waals surface area contributed by atoms with E-state index in [1.165, 1.54) is 0 Å². The van der Waals surface area contributed by atoms with E-state index in [-0.39, 0.29) is 18.3 Å². The highest BCUT2D eigenvalue weighted by Crippen LogP contribution is 2.36. The molecular weight excluding hydrogens is 263 g/mol. The van der Waals surface area contributed by atoms with E-state index in [1.807, 2.05) is 52.0 Å². The van der Waals surface area contributed by atoms with Gasteiger partial charge < -0.3 is 15.0 Å². The number of benzene rings is 1. The molecule has 1 heterocycles. The molecule has 0 saturated carbocycles. The van der Waals surface area contributed by atoms with Crippen LogP contribution in [0.1, 0.15) is 33.3 Å². The Kier molecular flexibility index (Phi) is 4.26. The average Bonchev–Trinajstić information content (AvgIpc) is 2.65. The van der Waals surface area contributed by atoms with Crippen molar-refractivity contribution in [1.82, 2.24) is 0 Å². The summed E-state index contributed by atoms with van der Waals surface area (Å²) in [5.74, 6) is 0. The Morgan fingerprint density at radius 3 is 2.05 bits per heavy atom. The third-order valence-corrected chi connectivity index (χ3v) is 4.22. The summed E-state index contributed by atoms with van der Waals surface area (Å²) in [6.07, 6.45) is 3.29. The number of rotatable bonds is 3. The normalized spacial score (nSPS) is 21.2. The summed E-state index contributed by atoms with van der Waals surface area (Å²) >= 11 is 0. The Hall–Kier alpha value is -1.59. The van der Waals surface area contributed by atoms with E-state index in [2.05, 4.69) is 4.99 Å². The molecule has 1 aliphatic heterocycles. The zero-order chi connectivity index (χ0) is 15.7. The SMILES string of the molecule is CN=CC(=CN)c1ccc(B2OC(C)(C)C(C)(C)O2)cc1. The Morgan fingerprint density at radius 2 is 1.62 bits per heavy atom. The van der Waals surface area contributed by atoms with Crippen molar-refractivity contribution in [2.24, 2.45) is 10.7 Å². The summed E-state index contributed by atoms with van der Waals surface area (Å²) in [7, 11) is 1.39. The minimum Gasteiger partial charge on any atom is -0.404 e. The van der Waals surface area contributed by atoms with Gasteiger partial charge in [0.2, 0.25) is 0 Å². The molecule has 5 heteroatoms. The molecule has 1 aromatic rings. The van der Waals surface area contributed by atoms with Crippen molar-refractivity contribution in [2.45, 2.75) is 38.9 Å². The van der Waals surface area contributed by atoms with Gasteiger partial charge in [-0.1, -0.05) is 24.3 Å². The monoisotopic (exact) mass is 286 g/mol. The standard InChI is InChI=1S/C16H23BN2O2/c1-15(2)16(3,4)21-17(20-15)14-8-6-12(7-9-14)13(10-18)11-19-5/h6-11H,18H2,1-5H3. The number of nitrogens with zero attached hydrogens (tertiary/aromatic N) is 1. The molecule has 0 radical (unpaired) electrons. The maximum Gasteiger partial charge on any atom is 0.494 e. The van der Waals surface area contributed by atoms with Crippen LogP contribution >= 0.6 is 0 Å². The molecule has 0 bridgehead atoms. The van der Waals surface area contributed by atoms with E-state index in [9.17, 15) is 0 Å². The minimum atomic E-state index is -0.339. The summed E-state index contributed by atoms with van der Waals surface area (Å²) in [4.78, 5) is 4.00. The van der Waals surface area contributed by atoms with Crippen molar-refractivity contribution in [3.8, 4) is 0 Å². The highest BCUT2D eigenvalue weighted by Gasteiger charge is 2.51. The Bertz CT molecular complexity index is 546. The zero-order valence-electron chi connectivity index (χ0n) is 13.4. The Morgan fingerprint density at radius 1 is 1.10 bits per heavy atom. The van der Waals surface area contributed by atoms with E-state index in [1.54, 1.807) is 19.5 Å². The molecule has 1 fully saturated rings. The lowest BCUT2D eigenvalue weighted by Crippen LogP contribution is -2.41. The maximum absolute atomic E-state index is 6.04. The second-order valence-corrected chi connectivity index (χ2v) is 6.22. The second-order valence-electron chi connectivity index (χ2n) is 6.22. The first-order chi connectivity index (χ1) is 9.80. The van der Waals surface area contributed by atoms with Crippen LogP contribution in [0.25, 0.3) is 5.57 Å². The van der Waals surface area contributed by atoms with Crippen LogP contribution in [0.4, 0.5) is 0 Å². The van der Waals surface area contributed by atoms with Gasteiger partial charge in [0.05, 0.1) is 11.2 Å². The number of allylic oxidation sites excluding steroid dienone is 1. The first-order valence-corrected chi connectivity index (χ1v) is 7.11. The summed E-state index contributed by atoms with van der Waals surface area (Å²) in [5, 5.41) is 0. The molecule has 1 aromatic carbocycles. The van der Waals surface area contributed by atoms with Gasteiger partial charge in [-0.15, -0.1) is 0 Å². The topological polar surface area (TPSA) is 56.8 Å². The molecule has 0 spiro atoms. The Labute approximate surface area is 127 Å². The molecule has 2 rings (SSSR count). The van der Waals surface area contributed by atoms with E-state index in [4.69, 9.17) is 15.0 Å². The van der Waals surface area contributed by atoms with Crippen molar-refractivity contribution in [3.63, 3.8) is 0 Å². The lowest BCUT2D eigenvalue weighted by atomic mass is 9.78. The maximum atomic E-state index is 6.04. The fourth-order valence-electron chi connectivity index (χ4n) is 2.16. The largest absolute Gasteiger partial charge is 0.494 e. The molecule has 21 heavy (non-hydrogen) atoms. The van der Waals surface area contributed by atoms with Gasteiger partial charge in [0.1, 0.15) is 0 Å². The third-order valence-electron chi connectivity index (χ3n) is 4.22. The summed E-state index contributed by atoms with van der Waals surface area (Å²) in [5.41, 5.74) is 7.87. The number of aliphatic imine (C=N–C) groups is 1. The summed E-state index contributed by atoms with van der Waals surface area (Å²) < 4.78 is 12.1. The van der Waals surface area contributed by atoms with Crippen LogP contribution in [0, 0.1) is 0 Å². The van der Waals surface area contributed by atoms with Crippen molar-refractivity contribution in [2.75, 3.05) is 7.05 Å². The van der Waals surface area contributed by atoms with E-state index >= 15 is 0 Å². The van der Waals surface area contributed by atoms with E-state index < -0.39 is 0 Å². The molecule has 4 nitrogen and oxygen atoms in total. The fourth-order valence-corrected chi connectivity index (χ4v) is 2.16. The van der Waals surface area contributed by atoms with Crippen LogP contribution in [0.15, 0.2) is 35.5 Å². The minimum absolute atomic E-state index is 0.326. The predicted molar refractivity (Wildman–Crippen MR) is 88.7 cm³/mol. The van der Waals surface area contributed by atoms with Gasteiger partial charge in [-0.3, -0.25) is 4.99 Å². The van der Waals surface area contributed by atoms with Crippen molar-refractivity contribution in [3.05, 3.63) is 36.0 Å². The van der Waals surface area contributed by atoms with Crippen molar-refractivity contribution in [1.29, 1.82) is 0 Å². The molecule has 0 atom stereocenters. The van der Waals surface area contributed by atoms with Gasteiger partial charge in [0, 0.05) is 25.0 Å². The number of nitrogens with two attached hydrogens (primary N) is 1. The van der Waals surface area contributed by atoms with Crippen LogP contribution in [0.3, 0.4) is 0 Å². The van der Waals surface area contributed by atoms with Gasteiger partial charge >= 0.3 is 7.12 Å². The molecular formula is C16H23BN2O2. The van der Waals surface area contributed by atoms with Gasteiger partial charge in [-0.05, 0) is 38.7 Å². The van der Waals surface area contributed by atoms with Crippen LogP contribution in [-0.4, -0.2) is 31.6 Å². The smallest absolute Gasteiger partial charge is 0.404 e. The second kappa shape index (κ2) is 5.66. The molecule has 112 valence electrons. The third kappa shape index (κ3) is 3.04. The molecule has 1 aliphatic rings. The van der Waals surface area contributed by atoms with Crippen LogP contribution in [0.5, 0.6) is 0 Å². The lowest BCUT2D eigenvalue weighted by molar-refractivity contribution is 0.00578. The van der Waals surface area contributed by atoms with Gasteiger partial charge in [0.15, 0.2) is 0 Å². The fraction of sp³-hybridized carbons (Fsp3) is 0.438. The van der Waals surface area contributed by atoms with E-state index in [0.29, 0.717) is 0 Å². The van der Waals surface area contributed by atoms with Crippen LogP contribution < -0.4 is 11.2 Å². The number of hydrogen-bond donors (Lipinski definition) is 1.